The second-order valence-electron chi connectivity index (χ2n) is 5.95. The van der Waals surface area contributed by atoms with E-state index < -0.39 is 6.69 Å². The molecule has 0 aromatic heterocycles. The van der Waals surface area contributed by atoms with Crippen molar-refractivity contribution in [2.24, 2.45) is 5.92 Å². The molecule has 0 saturated heterocycles. The minimum absolute atomic E-state index is 0. The molecule has 0 nitrogen and oxygen atoms in total. The Hall–Kier alpha value is 1.32. The minimum Gasteiger partial charge on any atom is -0.146 e. The van der Waals surface area contributed by atoms with Gasteiger partial charge in [0.15, 0.2) is 0 Å². The third-order valence-corrected chi connectivity index (χ3v) is 8.17. The van der Waals surface area contributed by atoms with E-state index in [4.69, 9.17) is 22.2 Å². The van der Waals surface area contributed by atoms with Crippen molar-refractivity contribution in [2.45, 2.75) is 51.6 Å². The Kier molecular flexibility index (Phi) is 15.3. The molecular weight excluding hydrogens is 383 g/mol. The van der Waals surface area contributed by atoms with Crippen molar-refractivity contribution >= 4 is 28.9 Å². The molecule has 2 rings (SSSR count). The zero-order valence-electron chi connectivity index (χ0n) is 14.1. The van der Waals surface area contributed by atoms with Gasteiger partial charge in [-0.15, -0.1) is 22.2 Å². The maximum Gasteiger partial charge on any atom is 2.00 e. The smallest absolute Gasteiger partial charge is 0.146 e. The van der Waals surface area contributed by atoms with Crippen LogP contribution in [0.4, 0.5) is 0 Å². The van der Waals surface area contributed by atoms with Gasteiger partial charge in [0.25, 0.3) is 6.69 Å². The molecule has 0 aliphatic heterocycles. The second kappa shape index (κ2) is 14.5. The topological polar surface area (TPSA) is 0 Å². The molecular formula is C19H28Cl2FeSi+2. The summed E-state index contributed by atoms with van der Waals surface area (Å²) in [6, 6.07) is 2.02. The summed E-state index contributed by atoms with van der Waals surface area (Å²) in [4.78, 5) is 0. The Balaban J connectivity index is 0.000000684. The van der Waals surface area contributed by atoms with Crippen LogP contribution in [0.5, 0.6) is 0 Å². The van der Waals surface area contributed by atoms with Crippen LogP contribution in [0.15, 0.2) is 0 Å². The van der Waals surface area contributed by atoms with E-state index in [-0.39, 0.29) is 17.1 Å². The van der Waals surface area contributed by atoms with Gasteiger partial charge in [0, 0.05) is 0 Å². The number of hydrogen-bond acceptors (Lipinski definition) is 0. The average Bonchev–Trinajstić information content (AvgIpc) is 3.17. The summed E-state index contributed by atoms with van der Waals surface area (Å²) >= 11 is 13.1. The summed E-state index contributed by atoms with van der Waals surface area (Å²) in [6.45, 7) is 2.43. The molecule has 0 spiro atoms. The molecule has 0 aromatic rings. The van der Waals surface area contributed by atoms with Crippen molar-refractivity contribution in [3.63, 3.8) is 0 Å². The van der Waals surface area contributed by atoms with Gasteiger partial charge in [-0.3, -0.25) is 0 Å². The molecule has 4 heteroatoms. The first-order chi connectivity index (χ1) is 10.5. The Bertz CT molecular complexity index is 256. The van der Waals surface area contributed by atoms with E-state index in [1.165, 1.54) is 31.6 Å². The van der Waals surface area contributed by atoms with Gasteiger partial charge in [0.1, 0.15) is 0 Å². The van der Waals surface area contributed by atoms with Crippen LogP contribution >= 0.6 is 22.2 Å². The molecule has 0 amide bonds. The van der Waals surface area contributed by atoms with Gasteiger partial charge in [-0.25, -0.2) is 0 Å². The molecule has 1 atom stereocenters. The average molecular weight is 411 g/mol. The Labute approximate surface area is 166 Å². The predicted molar refractivity (Wildman–Crippen MR) is 102 cm³/mol. The molecule has 0 bridgehead atoms. The number of halogens is 2. The standard InChI is InChI=1S/C14H23Cl2Si.C5H5.Fe/c1-3-4-5-8-11-17(15,16)12-13(2)14-9-6-7-10-14;1-2-4-5-3-1;/h6-7,9-10,13H,3-5,8,11-12H2,1-2H3;1-5H;/q;;+2. The molecule has 2 aliphatic carbocycles. The summed E-state index contributed by atoms with van der Waals surface area (Å²) in [7, 11) is 0. The van der Waals surface area contributed by atoms with Crippen molar-refractivity contribution in [3.8, 4) is 0 Å². The first kappa shape index (κ1) is 24.3. The van der Waals surface area contributed by atoms with Crippen molar-refractivity contribution < 1.29 is 17.1 Å². The van der Waals surface area contributed by atoms with Crippen molar-refractivity contribution in [3.05, 3.63) is 63.7 Å². The third kappa shape index (κ3) is 12.3. The Morgan fingerprint density at radius 3 is 1.87 bits per heavy atom. The van der Waals surface area contributed by atoms with E-state index in [1.54, 1.807) is 0 Å². The van der Waals surface area contributed by atoms with E-state index in [1.807, 2.05) is 32.1 Å². The zero-order chi connectivity index (χ0) is 16.3. The molecule has 2 aliphatic rings. The van der Waals surface area contributed by atoms with Gasteiger partial charge in [-0.2, -0.15) is 0 Å². The Morgan fingerprint density at radius 2 is 1.39 bits per heavy atom. The minimum atomic E-state index is -2.03. The molecule has 128 valence electrons. The quantitative estimate of drug-likeness (QED) is 0.242. The summed E-state index contributed by atoms with van der Waals surface area (Å²) in [5.41, 5.74) is 0. The van der Waals surface area contributed by atoms with Gasteiger partial charge in [0.05, 0.1) is 0 Å². The molecule has 10 radical (unpaired) electrons. The molecule has 2 saturated carbocycles. The maximum atomic E-state index is 6.53. The van der Waals surface area contributed by atoms with E-state index in [2.05, 4.69) is 39.5 Å². The van der Waals surface area contributed by atoms with Gasteiger partial charge in [-0.05, 0) is 81.7 Å². The maximum absolute atomic E-state index is 6.53. The van der Waals surface area contributed by atoms with Crippen LogP contribution in [0.25, 0.3) is 0 Å². The molecule has 1 unspecified atom stereocenters. The van der Waals surface area contributed by atoms with Crippen molar-refractivity contribution in [2.75, 3.05) is 0 Å². The van der Waals surface area contributed by atoms with E-state index in [9.17, 15) is 0 Å². The van der Waals surface area contributed by atoms with Gasteiger partial charge >= 0.3 is 17.1 Å². The second-order valence-corrected chi connectivity index (χ2v) is 13.5. The number of hydrogen-bond donors (Lipinski definition) is 0. The Morgan fingerprint density at radius 1 is 0.870 bits per heavy atom. The summed E-state index contributed by atoms with van der Waals surface area (Å²) < 4.78 is 0. The van der Waals surface area contributed by atoms with Crippen LogP contribution in [-0.4, -0.2) is 6.69 Å². The fraction of sp³-hybridized carbons (Fsp3) is 0.474. The van der Waals surface area contributed by atoms with Gasteiger partial charge < -0.3 is 0 Å². The van der Waals surface area contributed by atoms with Crippen LogP contribution in [0.2, 0.25) is 12.1 Å². The van der Waals surface area contributed by atoms with Crippen LogP contribution < -0.4 is 0 Å². The molecule has 23 heavy (non-hydrogen) atoms. The third-order valence-electron chi connectivity index (χ3n) is 3.81. The number of rotatable bonds is 8. The van der Waals surface area contributed by atoms with Crippen molar-refractivity contribution in [1.29, 1.82) is 0 Å². The van der Waals surface area contributed by atoms with E-state index in [0.29, 0.717) is 5.92 Å². The van der Waals surface area contributed by atoms with Gasteiger partial charge in [0.2, 0.25) is 0 Å². The molecule has 0 heterocycles. The fourth-order valence-electron chi connectivity index (χ4n) is 2.52. The van der Waals surface area contributed by atoms with Crippen LogP contribution in [-0.2, 0) is 17.1 Å². The molecule has 0 aromatic carbocycles. The zero-order valence-corrected chi connectivity index (χ0v) is 17.7. The van der Waals surface area contributed by atoms with Crippen LogP contribution in [0, 0.1) is 69.6 Å². The molecule has 2 fully saturated rings. The predicted octanol–water partition coefficient (Wildman–Crippen LogP) is 6.55. The largest absolute Gasteiger partial charge is 2.00 e. The van der Waals surface area contributed by atoms with Crippen LogP contribution in [0.3, 0.4) is 0 Å². The summed E-state index contributed by atoms with van der Waals surface area (Å²) in [5.74, 6) is 1.87. The SMILES string of the molecule is CCCCCC[Si](Cl)(Cl)CC(C)[C]1[CH][CH][CH][CH]1.[CH]1[CH][CH][CH][CH]1.[Fe+2]. The first-order valence-corrected chi connectivity index (χ1v) is 12.7. The van der Waals surface area contributed by atoms with E-state index >= 15 is 0 Å². The normalized spacial score (nSPS) is 19.8. The summed E-state index contributed by atoms with van der Waals surface area (Å²) in [6.07, 6.45) is 23.5. The van der Waals surface area contributed by atoms with E-state index in [0.717, 1.165) is 12.1 Å². The monoisotopic (exact) mass is 410 g/mol. The summed E-state index contributed by atoms with van der Waals surface area (Å²) in [5, 5.41) is 0. The first-order valence-electron chi connectivity index (χ1n) is 8.31. The molecule has 0 N–H and O–H groups in total. The van der Waals surface area contributed by atoms with Crippen molar-refractivity contribution in [1.82, 2.24) is 0 Å². The number of unbranched alkanes of at least 4 members (excludes halogenated alkanes) is 3. The fourth-order valence-corrected chi connectivity index (χ4v) is 6.81. The van der Waals surface area contributed by atoms with Gasteiger partial charge in [-0.1, -0.05) is 39.5 Å². The van der Waals surface area contributed by atoms with Crippen LogP contribution in [0.1, 0.15) is 39.5 Å².